The third-order valence-electron chi connectivity index (χ3n) is 5.54. The van der Waals surface area contributed by atoms with Crippen LogP contribution in [0.5, 0.6) is 0 Å². The van der Waals surface area contributed by atoms with Crippen molar-refractivity contribution in [2.24, 2.45) is 16.8 Å². The van der Waals surface area contributed by atoms with E-state index in [1.165, 1.54) is 6.26 Å². The summed E-state index contributed by atoms with van der Waals surface area (Å²) in [6.07, 6.45) is 4.83. The molecule has 0 radical (unpaired) electrons. The van der Waals surface area contributed by atoms with E-state index in [-0.39, 0.29) is 11.8 Å². The lowest BCUT2D eigenvalue weighted by atomic mass is 9.98. The van der Waals surface area contributed by atoms with Gasteiger partial charge in [-0.1, -0.05) is 13.8 Å². The maximum atomic E-state index is 12.1. The standard InChI is InChI=1S/C19H37N5O3S/c1-5-20-19(21-14-16-6-12-24(13-7-16)28(4,26)27)22-17-8-10-23(11-9-17)18(25)15(2)3/h15-17H,5-14H2,1-4H3,(H2,20,21,22). The van der Waals surface area contributed by atoms with Crippen LogP contribution >= 0.6 is 0 Å². The van der Waals surface area contributed by atoms with Crippen LogP contribution in [0.1, 0.15) is 46.5 Å². The summed E-state index contributed by atoms with van der Waals surface area (Å²) in [4.78, 5) is 18.8. The Morgan fingerprint density at radius 3 is 2.21 bits per heavy atom. The van der Waals surface area contributed by atoms with Crippen LogP contribution in [0.3, 0.4) is 0 Å². The van der Waals surface area contributed by atoms with E-state index in [1.807, 2.05) is 25.7 Å². The molecular weight excluding hydrogens is 378 g/mol. The number of nitrogens with one attached hydrogen (secondary N) is 2. The fourth-order valence-electron chi connectivity index (χ4n) is 3.77. The van der Waals surface area contributed by atoms with Gasteiger partial charge in [0.15, 0.2) is 5.96 Å². The van der Waals surface area contributed by atoms with Gasteiger partial charge in [0.2, 0.25) is 15.9 Å². The molecule has 0 aliphatic carbocycles. The lowest BCUT2D eigenvalue weighted by Gasteiger charge is -2.34. The fraction of sp³-hybridized carbons (Fsp3) is 0.895. The van der Waals surface area contributed by atoms with Crippen molar-refractivity contribution in [1.29, 1.82) is 0 Å². The minimum atomic E-state index is -3.08. The minimum absolute atomic E-state index is 0.0532. The highest BCUT2D eigenvalue weighted by Gasteiger charge is 2.26. The number of sulfonamides is 1. The number of carbonyl (C=O) groups excluding carboxylic acids is 1. The Bertz CT molecular complexity index is 634. The van der Waals surface area contributed by atoms with Gasteiger partial charge in [0.1, 0.15) is 0 Å². The largest absolute Gasteiger partial charge is 0.357 e. The molecule has 2 heterocycles. The normalized spacial score (nSPS) is 21.2. The highest BCUT2D eigenvalue weighted by atomic mass is 32.2. The predicted octanol–water partition coefficient (Wildman–Crippen LogP) is 0.860. The topological polar surface area (TPSA) is 94.1 Å². The van der Waals surface area contributed by atoms with Crippen molar-refractivity contribution in [2.45, 2.75) is 52.5 Å². The monoisotopic (exact) mass is 415 g/mol. The molecule has 0 bridgehead atoms. The van der Waals surface area contributed by atoms with Crippen molar-refractivity contribution in [1.82, 2.24) is 19.8 Å². The van der Waals surface area contributed by atoms with E-state index in [0.29, 0.717) is 31.6 Å². The zero-order chi connectivity index (χ0) is 20.7. The molecule has 0 aromatic rings. The van der Waals surface area contributed by atoms with Crippen molar-refractivity contribution in [3.63, 3.8) is 0 Å². The van der Waals surface area contributed by atoms with Crippen molar-refractivity contribution >= 4 is 21.9 Å². The molecule has 2 aliphatic heterocycles. The Hall–Kier alpha value is -1.35. The number of aliphatic imine (C=N–C) groups is 1. The first-order valence-electron chi connectivity index (χ1n) is 10.5. The average molecular weight is 416 g/mol. The van der Waals surface area contributed by atoms with Gasteiger partial charge in [-0.15, -0.1) is 0 Å². The molecule has 0 spiro atoms. The average Bonchev–Trinajstić information content (AvgIpc) is 2.66. The molecule has 2 N–H and O–H groups in total. The number of carbonyl (C=O) groups is 1. The Morgan fingerprint density at radius 2 is 1.71 bits per heavy atom. The minimum Gasteiger partial charge on any atom is -0.357 e. The number of piperidine rings is 2. The van der Waals surface area contributed by atoms with E-state index < -0.39 is 10.0 Å². The van der Waals surface area contributed by atoms with Crippen molar-refractivity contribution < 1.29 is 13.2 Å². The van der Waals surface area contributed by atoms with Crippen molar-refractivity contribution in [3.05, 3.63) is 0 Å². The quantitative estimate of drug-likeness (QED) is 0.496. The van der Waals surface area contributed by atoms with Gasteiger partial charge in [-0.2, -0.15) is 0 Å². The van der Waals surface area contributed by atoms with E-state index >= 15 is 0 Å². The molecule has 0 unspecified atom stereocenters. The number of rotatable bonds is 6. The summed E-state index contributed by atoms with van der Waals surface area (Å²) >= 11 is 0. The summed E-state index contributed by atoms with van der Waals surface area (Å²) < 4.78 is 24.8. The molecule has 2 saturated heterocycles. The molecule has 0 saturated carbocycles. The molecule has 8 nitrogen and oxygen atoms in total. The molecule has 9 heteroatoms. The Balaban J connectivity index is 1.81. The van der Waals surface area contributed by atoms with Crippen LogP contribution < -0.4 is 10.6 Å². The summed E-state index contributed by atoms with van der Waals surface area (Å²) in [6, 6.07) is 0.320. The van der Waals surface area contributed by atoms with Gasteiger partial charge in [-0.25, -0.2) is 12.7 Å². The van der Waals surface area contributed by atoms with Crippen molar-refractivity contribution in [3.8, 4) is 0 Å². The number of nitrogens with zero attached hydrogens (tertiary/aromatic N) is 3. The van der Waals surface area contributed by atoms with Crippen LogP contribution in [0.15, 0.2) is 4.99 Å². The van der Waals surface area contributed by atoms with Crippen LogP contribution in [0.4, 0.5) is 0 Å². The number of guanidine groups is 1. The molecule has 2 fully saturated rings. The summed E-state index contributed by atoms with van der Waals surface area (Å²) in [5.74, 6) is 1.53. The smallest absolute Gasteiger partial charge is 0.225 e. The van der Waals surface area contributed by atoms with Gasteiger partial charge in [0, 0.05) is 51.2 Å². The third kappa shape index (κ3) is 6.92. The summed E-state index contributed by atoms with van der Waals surface area (Å²) in [6.45, 7) is 10.2. The molecular formula is C19H37N5O3S. The first kappa shape index (κ1) is 22.9. The number of amides is 1. The molecule has 2 rings (SSSR count). The lowest BCUT2D eigenvalue weighted by molar-refractivity contribution is -0.135. The van der Waals surface area contributed by atoms with Gasteiger partial charge in [0.05, 0.1) is 6.26 Å². The zero-order valence-corrected chi connectivity index (χ0v) is 18.6. The van der Waals surface area contributed by atoms with Gasteiger partial charge < -0.3 is 15.5 Å². The summed E-state index contributed by atoms with van der Waals surface area (Å²) in [7, 11) is -3.08. The van der Waals surface area contributed by atoms with Gasteiger partial charge in [-0.05, 0) is 38.5 Å². The van der Waals surface area contributed by atoms with E-state index in [4.69, 9.17) is 4.99 Å². The van der Waals surface area contributed by atoms with Crippen LogP contribution in [-0.2, 0) is 14.8 Å². The fourth-order valence-corrected chi connectivity index (χ4v) is 4.64. The molecule has 162 valence electrons. The van der Waals surface area contributed by atoms with E-state index in [9.17, 15) is 13.2 Å². The van der Waals surface area contributed by atoms with Gasteiger partial charge in [-0.3, -0.25) is 9.79 Å². The molecule has 0 aromatic heterocycles. The SMILES string of the molecule is CCNC(=NCC1CCN(S(C)(=O)=O)CC1)NC1CCN(C(=O)C(C)C)CC1. The first-order valence-corrected chi connectivity index (χ1v) is 12.3. The number of hydrogen-bond donors (Lipinski definition) is 2. The molecule has 0 aromatic carbocycles. The Labute approximate surface area is 170 Å². The number of hydrogen-bond acceptors (Lipinski definition) is 4. The van der Waals surface area contributed by atoms with E-state index in [1.54, 1.807) is 4.31 Å². The third-order valence-corrected chi connectivity index (χ3v) is 6.84. The van der Waals surface area contributed by atoms with Crippen LogP contribution in [0.2, 0.25) is 0 Å². The maximum Gasteiger partial charge on any atom is 0.225 e. The maximum absolute atomic E-state index is 12.1. The van der Waals surface area contributed by atoms with E-state index in [2.05, 4.69) is 10.6 Å². The molecule has 1 amide bonds. The second-order valence-corrected chi connectivity index (χ2v) is 10.2. The molecule has 28 heavy (non-hydrogen) atoms. The van der Waals surface area contributed by atoms with Gasteiger partial charge >= 0.3 is 0 Å². The van der Waals surface area contributed by atoms with Crippen LogP contribution in [0, 0.1) is 11.8 Å². The first-order chi connectivity index (χ1) is 13.2. The van der Waals surface area contributed by atoms with E-state index in [0.717, 1.165) is 51.3 Å². The summed E-state index contributed by atoms with van der Waals surface area (Å²) in [5.41, 5.74) is 0. The Morgan fingerprint density at radius 1 is 1.11 bits per heavy atom. The predicted molar refractivity (Wildman–Crippen MR) is 113 cm³/mol. The lowest BCUT2D eigenvalue weighted by Crippen LogP contribution is -2.50. The molecule has 0 atom stereocenters. The highest BCUT2D eigenvalue weighted by molar-refractivity contribution is 7.88. The second kappa shape index (κ2) is 10.4. The number of likely N-dealkylation sites (tertiary alicyclic amines) is 1. The van der Waals surface area contributed by atoms with Crippen LogP contribution in [0.25, 0.3) is 0 Å². The summed E-state index contributed by atoms with van der Waals surface area (Å²) in [5, 5.41) is 6.82. The molecule has 2 aliphatic rings. The highest BCUT2D eigenvalue weighted by Crippen LogP contribution is 2.19. The van der Waals surface area contributed by atoms with Gasteiger partial charge in [0.25, 0.3) is 0 Å². The van der Waals surface area contributed by atoms with Crippen molar-refractivity contribution in [2.75, 3.05) is 45.5 Å². The zero-order valence-electron chi connectivity index (χ0n) is 17.8. The van der Waals surface area contributed by atoms with Crippen LogP contribution in [-0.4, -0.2) is 81.1 Å². The second-order valence-electron chi connectivity index (χ2n) is 8.22. The Kier molecular flexibility index (Phi) is 8.55.